The second kappa shape index (κ2) is 14.0. The van der Waals surface area contributed by atoms with Gasteiger partial charge in [-0.25, -0.2) is 4.98 Å². The molecule has 13 aromatic rings. The molecule has 0 aliphatic carbocycles. The van der Waals surface area contributed by atoms with Gasteiger partial charge in [0.2, 0.25) is 5.95 Å². The molecule has 63 heavy (non-hydrogen) atoms. The fourth-order valence-corrected chi connectivity index (χ4v) is 9.37. The maximum atomic E-state index is 6.98. The van der Waals surface area contributed by atoms with E-state index >= 15 is 0 Å². The number of benzene rings is 9. The molecule has 0 bridgehead atoms. The van der Waals surface area contributed by atoms with Gasteiger partial charge in [-0.1, -0.05) is 176 Å². The molecule has 0 fully saturated rings. The fourth-order valence-electron chi connectivity index (χ4n) is 9.37. The Morgan fingerprint density at radius 1 is 0.302 bits per heavy atom. The summed E-state index contributed by atoms with van der Waals surface area (Å²) < 4.78 is 15.6. The van der Waals surface area contributed by atoms with E-state index in [4.69, 9.17) is 23.8 Å². The van der Waals surface area contributed by atoms with Gasteiger partial charge in [0.05, 0.1) is 11.0 Å². The van der Waals surface area contributed by atoms with E-state index in [-0.39, 0.29) is 0 Å². The molecule has 9 aromatic carbocycles. The summed E-state index contributed by atoms with van der Waals surface area (Å²) in [5.41, 5.74) is 13.3. The van der Waals surface area contributed by atoms with Crippen LogP contribution in [0, 0.1) is 0 Å². The minimum Gasteiger partial charge on any atom is -0.455 e. The normalized spacial score (nSPS) is 11.8. The van der Waals surface area contributed by atoms with E-state index in [1.807, 2.05) is 18.2 Å². The van der Waals surface area contributed by atoms with Gasteiger partial charge in [0.15, 0.2) is 11.6 Å². The lowest BCUT2D eigenvalue weighted by Crippen LogP contribution is -2.06. The minimum atomic E-state index is 0.550. The molecule has 294 valence electrons. The van der Waals surface area contributed by atoms with Gasteiger partial charge in [-0.3, -0.25) is 4.57 Å². The Morgan fingerprint density at radius 3 is 1.41 bits per heavy atom. The molecular weight excluding hydrogens is 773 g/mol. The summed E-state index contributed by atoms with van der Waals surface area (Å²) in [6.07, 6.45) is 0. The van der Waals surface area contributed by atoms with E-state index in [0.717, 1.165) is 110 Å². The highest BCUT2D eigenvalue weighted by Crippen LogP contribution is 2.43. The smallest absolute Gasteiger partial charge is 0.238 e. The van der Waals surface area contributed by atoms with Crippen molar-refractivity contribution in [3.8, 4) is 62.1 Å². The van der Waals surface area contributed by atoms with E-state index in [0.29, 0.717) is 17.6 Å². The summed E-state index contributed by atoms with van der Waals surface area (Å²) in [6.45, 7) is 0. The summed E-state index contributed by atoms with van der Waals surface area (Å²) in [4.78, 5) is 15.7. The standard InChI is InChI=1S/C57H34N4O2/c1-2-15-35(16-3-1)36-17-10-19-38(33-36)55-58-56(60-57(59-55)61-49-30-7-4-21-41(49)42-22-5-8-31-50(42)61)39-20-11-18-37(34-39)40-24-12-26-45-47-28-14-29-48(54(47)63-52(40)45)46-27-13-25-44-43-23-6-9-32-51(43)62-53(44)46/h1-34H. The average Bonchev–Trinajstić information content (AvgIpc) is 4.04. The molecule has 0 spiro atoms. The van der Waals surface area contributed by atoms with Crippen molar-refractivity contribution in [2.45, 2.75) is 0 Å². The molecule has 0 amide bonds. The van der Waals surface area contributed by atoms with Crippen molar-refractivity contribution in [3.63, 3.8) is 0 Å². The molecule has 0 unspecified atom stereocenters. The first-order valence-corrected chi connectivity index (χ1v) is 21.1. The van der Waals surface area contributed by atoms with Gasteiger partial charge >= 0.3 is 0 Å². The zero-order valence-electron chi connectivity index (χ0n) is 33.7. The van der Waals surface area contributed by atoms with Crippen molar-refractivity contribution in [1.29, 1.82) is 0 Å². The number of hydrogen-bond acceptors (Lipinski definition) is 5. The highest BCUT2D eigenvalue weighted by Gasteiger charge is 2.21. The molecular formula is C57H34N4O2. The summed E-state index contributed by atoms with van der Waals surface area (Å²) in [5, 5.41) is 6.55. The van der Waals surface area contributed by atoms with Crippen LogP contribution in [-0.2, 0) is 0 Å². The number of para-hydroxylation sites is 6. The maximum Gasteiger partial charge on any atom is 0.238 e. The number of aromatic nitrogens is 4. The predicted molar refractivity (Wildman–Crippen MR) is 256 cm³/mol. The molecule has 4 heterocycles. The number of hydrogen-bond donors (Lipinski definition) is 0. The van der Waals surface area contributed by atoms with E-state index in [1.54, 1.807) is 0 Å². The van der Waals surface area contributed by atoms with Gasteiger partial charge in [0.1, 0.15) is 22.3 Å². The van der Waals surface area contributed by atoms with Gasteiger partial charge in [-0.2, -0.15) is 9.97 Å². The Labute approximate surface area is 361 Å². The molecule has 0 aliphatic rings. The van der Waals surface area contributed by atoms with E-state index in [9.17, 15) is 0 Å². The van der Waals surface area contributed by atoms with Crippen LogP contribution in [0.1, 0.15) is 0 Å². The van der Waals surface area contributed by atoms with Gasteiger partial charge < -0.3 is 8.83 Å². The fraction of sp³-hybridized carbons (Fsp3) is 0. The molecule has 4 aromatic heterocycles. The van der Waals surface area contributed by atoms with Crippen LogP contribution in [0.4, 0.5) is 0 Å². The molecule has 0 saturated carbocycles. The Hall–Kier alpha value is -8.61. The largest absolute Gasteiger partial charge is 0.455 e. The van der Waals surface area contributed by atoms with Crippen molar-refractivity contribution in [2.75, 3.05) is 0 Å². The van der Waals surface area contributed by atoms with Gasteiger partial charge in [0, 0.05) is 60.1 Å². The van der Waals surface area contributed by atoms with Crippen molar-refractivity contribution in [2.24, 2.45) is 0 Å². The minimum absolute atomic E-state index is 0.550. The van der Waals surface area contributed by atoms with Crippen molar-refractivity contribution in [1.82, 2.24) is 19.5 Å². The van der Waals surface area contributed by atoms with Crippen LogP contribution in [-0.4, -0.2) is 19.5 Å². The molecule has 0 radical (unpaired) electrons. The first-order valence-electron chi connectivity index (χ1n) is 21.1. The summed E-state index contributed by atoms with van der Waals surface area (Å²) in [5.74, 6) is 1.71. The third kappa shape index (κ3) is 5.62. The Balaban J connectivity index is 0.987. The van der Waals surface area contributed by atoms with Crippen molar-refractivity contribution < 1.29 is 8.83 Å². The third-order valence-electron chi connectivity index (χ3n) is 12.3. The maximum absolute atomic E-state index is 6.98. The zero-order chi connectivity index (χ0) is 41.4. The Bertz CT molecular complexity index is 3880. The summed E-state index contributed by atoms with van der Waals surface area (Å²) in [6, 6.07) is 71.4. The Kier molecular flexibility index (Phi) is 7.80. The third-order valence-corrected chi connectivity index (χ3v) is 12.3. The molecule has 0 aliphatic heterocycles. The van der Waals surface area contributed by atoms with Crippen molar-refractivity contribution in [3.05, 3.63) is 206 Å². The molecule has 0 atom stereocenters. The van der Waals surface area contributed by atoms with Crippen molar-refractivity contribution >= 4 is 65.7 Å². The van der Waals surface area contributed by atoms with Gasteiger partial charge in [-0.15, -0.1) is 0 Å². The van der Waals surface area contributed by atoms with Crippen LogP contribution in [0.25, 0.3) is 128 Å². The van der Waals surface area contributed by atoms with Crippen LogP contribution in [0.3, 0.4) is 0 Å². The van der Waals surface area contributed by atoms with E-state index in [1.165, 1.54) is 0 Å². The lowest BCUT2D eigenvalue weighted by Gasteiger charge is -2.12. The second-order valence-corrected chi connectivity index (χ2v) is 15.9. The monoisotopic (exact) mass is 806 g/mol. The zero-order valence-corrected chi connectivity index (χ0v) is 33.7. The Morgan fingerprint density at radius 2 is 0.746 bits per heavy atom. The molecule has 0 N–H and O–H groups in total. The average molecular weight is 807 g/mol. The highest BCUT2D eigenvalue weighted by molar-refractivity contribution is 6.16. The van der Waals surface area contributed by atoms with E-state index in [2.05, 4.69) is 193 Å². The highest BCUT2D eigenvalue weighted by atomic mass is 16.3. The summed E-state index contributed by atoms with van der Waals surface area (Å²) in [7, 11) is 0. The van der Waals surface area contributed by atoms with Gasteiger partial charge in [-0.05, 0) is 47.0 Å². The summed E-state index contributed by atoms with van der Waals surface area (Å²) >= 11 is 0. The van der Waals surface area contributed by atoms with Crippen LogP contribution >= 0.6 is 0 Å². The lowest BCUT2D eigenvalue weighted by atomic mass is 9.98. The molecule has 6 nitrogen and oxygen atoms in total. The number of rotatable bonds is 6. The quantitative estimate of drug-likeness (QED) is 0.167. The van der Waals surface area contributed by atoms with Crippen LogP contribution in [0.2, 0.25) is 0 Å². The van der Waals surface area contributed by atoms with Crippen LogP contribution < -0.4 is 0 Å². The molecule has 0 saturated heterocycles. The lowest BCUT2D eigenvalue weighted by molar-refractivity contribution is 0.665. The number of furan rings is 2. The topological polar surface area (TPSA) is 69.9 Å². The second-order valence-electron chi connectivity index (χ2n) is 15.9. The number of fused-ring (bicyclic) bond motifs is 9. The van der Waals surface area contributed by atoms with Crippen LogP contribution in [0.5, 0.6) is 0 Å². The molecule has 13 rings (SSSR count). The van der Waals surface area contributed by atoms with Crippen LogP contribution in [0.15, 0.2) is 215 Å². The predicted octanol–water partition coefficient (Wildman–Crippen LogP) is 15.1. The molecule has 6 heteroatoms. The first-order chi connectivity index (χ1) is 31.2. The van der Waals surface area contributed by atoms with E-state index < -0.39 is 0 Å². The SMILES string of the molecule is c1ccc(-c2cccc(-c3nc(-c4cccc(-c5cccc6c5oc5c(-c7cccc8c7oc7ccccc78)cccc56)c4)nc(-n4c5ccccc5c5ccccc54)n3)c2)cc1. The van der Waals surface area contributed by atoms with Gasteiger partial charge in [0.25, 0.3) is 0 Å². The number of nitrogens with zero attached hydrogens (tertiary/aromatic N) is 4. The first kappa shape index (κ1) is 35.2.